The number of benzene rings is 1. The van der Waals surface area contributed by atoms with Crippen LogP contribution < -0.4 is 15.6 Å². The van der Waals surface area contributed by atoms with Crippen molar-refractivity contribution in [3.05, 3.63) is 64.1 Å². The summed E-state index contributed by atoms with van der Waals surface area (Å²) < 4.78 is 7.09. The van der Waals surface area contributed by atoms with Crippen LogP contribution in [0.25, 0.3) is 0 Å². The van der Waals surface area contributed by atoms with Crippen molar-refractivity contribution in [3.8, 4) is 5.75 Å². The Balaban J connectivity index is 1.66. The van der Waals surface area contributed by atoms with E-state index in [0.717, 1.165) is 12.0 Å². The summed E-state index contributed by atoms with van der Waals surface area (Å²) in [6.45, 7) is 5.07. The number of aromatic nitrogens is 1. The third-order valence-corrected chi connectivity index (χ3v) is 3.75. The van der Waals surface area contributed by atoms with E-state index in [1.165, 1.54) is 5.56 Å². The number of hydrogen-bond acceptors (Lipinski definition) is 3. The molecule has 0 saturated carbocycles. The van der Waals surface area contributed by atoms with E-state index in [9.17, 15) is 9.59 Å². The Morgan fingerprint density at radius 1 is 1.21 bits per heavy atom. The molecule has 2 aromatic rings. The molecule has 0 spiro atoms. The van der Waals surface area contributed by atoms with E-state index in [4.69, 9.17) is 4.74 Å². The van der Waals surface area contributed by atoms with E-state index in [-0.39, 0.29) is 18.1 Å². The topological polar surface area (TPSA) is 60.3 Å². The number of carbonyl (C=O) groups excluding carboxylic acids is 1. The van der Waals surface area contributed by atoms with E-state index in [0.29, 0.717) is 25.3 Å². The number of ether oxygens (including phenoxy) is 1. The first-order valence-corrected chi connectivity index (χ1v) is 8.24. The first-order valence-electron chi connectivity index (χ1n) is 8.24. The molecule has 0 bridgehead atoms. The van der Waals surface area contributed by atoms with Crippen LogP contribution in [0.4, 0.5) is 0 Å². The van der Waals surface area contributed by atoms with Gasteiger partial charge in [0.15, 0.2) is 6.61 Å². The van der Waals surface area contributed by atoms with Crippen LogP contribution in [0.5, 0.6) is 5.75 Å². The molecule has 128 valence electrons. The molecule has 1 heterocycles. The number of amides is 1. The summed E-state index contributed by atoms with van der Waals surface area (Å²) in [6.07, 6.45) is 3.45. The van der Waals surface area contributed by atoms with Gasteiger partial charge in [-0.15, -0.1) is 0 Å². The van der Waals surface area contributed by atoms with Crippen LogP contribution in [0.2, 0.25) is 0 Å². The molecule has 0 saturated heterocycles. The van der Waals surface area contributed by atoms with Crippen LogP contribution >= 0.6 is 0 Å². The maximum absolute atomic E-state index is 11.8. The molecule has 0 aliphatic heterocycles. The summed E-state index contributed by atoms with van der Waals surface area (Å²) in [5.41, 5.74) is 2.17. The smallest absolute Gasteiger partial charge is 0.257 e. The van der Waals surface area contributed by atoms with Crippen molar-refractivity contribution >= 4 is 5.91 Å². The SMILES string of the molecule is CCc1ccc(OCC(=O)NCCCn2ccc(C)cc2=O)cc1. The molecular formula is C19H24N2O3. The summed E-state index contributed by atoms with van der Waals surface area (Å²) in [5.74, 6) is 0.527. The Kier molecular flexibility index (Phi) is 6.61. The number of nitrogens with zero attached hydrogens (tertiary/aromatic N) is 1. The highest BCUT2D eigenvalue weighted by molar-refractivity contribution is 5.77. The van der Waals surface area contributed by atoms with Crippen LogP contribution in [0.1, 0.15) is 24.5 Å². The Morgan fingerprint density at radius 2 is 1.96 bits per heavy atom. The van der Waals surface area contributed by atoms with Crippen molar-refractivity contribution in [2.45, 2.75) is 33.2 Å². The second kappa shape index (κ2) is 8.91. The fourth-order valence-corrected chi connectivity index (χ4v) is 2.29. The van der Waals surface area contributed by atoms with E-state index in [2.05, 4.69) is 12.2 Å². The maximum Gasteiger partial charge on any atom is 0.257 e. The van der Waals surface area contributed by atoms with Gasteiger partial charge in [-0.05, 0) is 49.1 Å². The molecule has 1 aromatic carbocycles. The third kappa shape index (κ3) is 5.57. The van der Waals surface area contributed by atoms with Crippen molar-refractivity contribution in [2.24, 2.45) is 0 Å². The van der Waals surface area contributed by atoms with Gasteiger partial charge in [0.1, 0.15) is 5.75 Å². The van der Waals surface area contributed by atoms with Crippen LogP contribution in [-0.4, -0.2) is 23.6 Å². The maximum atomic E-state index is 11.8. The molecular weight excluding hydrogens is 304 g/mol. The minimum atomic E-state index is -0.161. The highest BCUT2D eigenvalue weighted by Gasteiger charge is 2.03. The fraction of sp³-hybridized carbons (Fsp3) is 0.368. The lowest BCUT2D eigenvalue weighted by molar-refractivity contribution is -0.123. The second-order valence-electron chi connectivity index (χ2n) is 5.73. The Hall–Kier alpha value is -2.56. The summed E-state index contributed by atoms with van der Waals surface area (Å²) in [7, 11) is 0. The molecule has 0 aliphatic rings. The first-order chi connectivity index (χ1) is 11.6. The highest BCUT2D eigenvalue weighted by Crippen LogP contribution is 2.12. The number of aryl methyl sites for hydroxylation is 3. The monoisotopic (exact) mass is 328 g/mol. The Labute approximate surface area is 142 Å². The minimum Gasteiger partial charge on any atom is -0.484 e. The standard InChI is InChI=1S/C19H24N2O3/c1-3-16-5-7-17(8-6-16)24-14-18(22)20-10-4-11-21-12-9-15(2)13-19(21)23/h5-9,12-13H,3-4,10-11,14H2,1-2H3,(H,20,22). The van der Waals surface area contributed by atoms with E-state index in [1.807, 2.05) is 37.3 Å². The summed E-state index contributed by atoms with van der Waals surface area (Å²) in [4.78, 5) is 23.5. The number of pyridine rings is 1. The molecule has 1 aromatic heterocycles. The molecule has 2 rings (SSSR count). The van der Waals surface area contributed by atoms with E-state index < -0.39 is 0 Å². The zero-order chi connectivity index (χ0) is 17.4. The Morgan fingerprint density at radius 3 is 2.62 bits per heavy atom. The third-order valence-electron chi connectivity index (χ3n) is 3.75. The number of carbonyl (C=O) groups is 1. The molecule has 1 amide bonds. The number of rotatable bonds is 8. The van der Waals surface area contributed by atoms with Crippen molar-refractivity contribution < 1.29 is 9.53 Å². The molecule has 1 N–H and O–H groups in total. The second-order valence-corrected chi connectivity index (χ2v) is 5.73. The van der Waals surface area contributed by atoms with Crippen molar-refractivity contribution in [1.82, 2.24) is 9.88 Å². The predicted octanol–water partition coefficient (Wildman–Crippen LogP) is 2.30. The summed E-state index contributed by atoms with van der Waals surface area (Å²) in [5, 5.41) is 2.80. The lowest BCUT2D eigenvalue weighted by atomic mass is 10.2. The fourth-order valence-electron chi connectivity index (χ4n) is 2.29. The molecule has 24 heavy (non-hydrogen) atoms. The molecule has 0 unspecified atom stereocenters. The van der Waals surface area contributed by atoms with Gasteiger partial charge in [0.25, 0.3) is 11.5 Å². The average molecular weight is 328 g/mol. The normalized spacial score (nSPS) is 10.4. The van der Waals surface area contributed by atoms with Gasteiger partial charge in [-0.1, -0.05) is 19.1 Å². The van der Waals surface area contributed by atoms with E-state index in [1.54, 1.807) is 16.8 Å². The van der Waals surface area contributed by atoms with Gasteiger partial charge in [0, 0.05) is 25.4 Å². The van der Waals surface area contributed by atoms with Crippen molar-refractivity contribution in [3.63, 3.8) is 0 Å². The lowest BCUT2D eigenvalue weighted by Gasteiger charge is -2.09. The van der Waals surface area contributed by atoms with Gasteiger partial charge < -0.3 is 14.6 Å². The van der Waals surface area contributed by atoms with Gasteiger partial charge in [0.2, 0.25) is 0 Å². The van der Waals surface area contributed by atoms with Gasteiger partial charge in [0.05, 0.1) is 0 Å². The molecule has 5 nitrogen and oxygen atoms in total. The van der Waals surface area contributed by atoms with Crippen LogP contribution in [0.3, 0.4) is 0 Å². The molecule has 0 aliphatic carbocycles. The summed E-state index contributed by atoms with van der Waals surface area (Å²) >= 11 is 0. The highest BCUT2D eigenvalue weighted by atomic mass is 16.5. The zero-order valence-corrected chi connectivity index (χ0v) is 14.2. The number of hydrogen-bond donors (Lipinski definition) is 1. The quantitative estimate of drug-likeness (QED) is 0.757. The van der Waals surface area contributed by atoms with Crippen molar-refractivity contribution in [1.29, 1.82) is 0 Å². The molecule has 0 radical (unpaired) electrons. The molecule has 5 heteroatoms. The van der Waals surface area contributed by atoms with E-state index >= 15 is 0 Å². The number of nitrogens with one attached hydrogen (secondary N) is 1. The molecule has 0 atom stereocenters. The Bertz CT molecular complexity index is 720. The lowest BCUT2D eigenvalue weighted by Crippen LogP contribution is -2.30. The summed E-state index contributed by atoms with van der Waals surface area (Å²) in [6, 6.07) is 11.2. The average Bonchev–Trinajstić information content (AvgIpc) is 2.59. The molecule has 0 fully saturated rings. The minimum absolute atomic E-state index is 0.00402. The van der Waals surface area contributed by atoms with Gasteiger partial charge >= 0.3 is 0 Å². The van der Waals surface area contributed by atoms with Crippen molar-refractivity contribution in [2.75, 3.05) is 13.2 Å². The van der Waals surface area contributed by atoms with Gasteiger partial charge in [-0.2, -0.15) is 0 Å². The van der Waals surface area contributed by atoms with Crippen LogP contribution in [0, 0.1) is 6.92 Å². The van der Waals surface area contributed by atoms with Gasteiger partial charge in [-0.25, -0.2) is 0 Å². The van der Waals surface area contributed by atoms with Crippen LogP contribution in [0.15, 0.2) is 47.4 Å². The first kappa shape index (κ1) is 17.8. The van der Waals surface area contributed by atoms with Gasteiger partial charge in [-0.3, -0.25) is 9.59 Å². The van der Waals surface area contributed by atoms with Crippen LogP contribution in [-0.2, 0) is 17.8 Å². The predicted molar refractivity (Wildman–Crippen MR) is 94.4 cm³/mol. The zero-order valence-electron chi connectivity index (χ0n) is 14.2. The largest absolute Gasteiger partial charge is 0.484 e.